The van der Waals surface area contributed by atoms with Crippen LogP contribution in [0.3, 0.4) is 0 Å². The second-order valence-electron chi connectivity index (χ2n) is 8.73. The van der Waals surface area contributed by atoms with Crippen molar-refractivity contribution in [2.45, 2.75) is 32.3 Å². The Morgan fingerprint density at radius 2 is 2.06 bits per heavy atom. The summed E-state index contributed by atoms with van der Waals surface area (Å²) < 4.78 is 19.9. The molecule has 5 atom stereocenters. The van der Waals surface area contributed by atoms with Crippen LogP contribution in [-0.2, 0) is 9.59 Å². The van der Waals surface area contributed by atoms with Crippen LogP contribution >= 0.6 is 0 Å². The van der Waals surface area contributed by atoms with Gasteiger partial charge < -0.3 is 20.5 Å². The number of carbonyl (C=O) groups is 2. The number of pyridine rings is 1. The van der Waals surface area contributed by atoms with Crippen molar-refractivity contribution in [3.63, 3.8) is 0 Å². The Morgan fingerprint density at radius 3 is 2.78 bits per heavy atom. The summed E-state index contributed by atoms with van der Waals surface area (Å²) in [5, 5.41) is 14.7. The van der Waals surface area contributed by atoms with Gasteiger partial charge >= 0.3 is 0 Å². The number of aromatic nitrogens is 1. The monoisotopic (exact) mass is 441 g/mol. The highest BCUT2D eigenvalue weighted by Gasteiger charge is 2.59. The summed E-state index contributed by atoms with van der Waals surface area (Å²) >= 11 is 0. The van der Waals surface area contributed by atoms with Gasteiger partial charge in [-0.05, 0) is 54.9 Å². The van der Waals surface area contributed by atoms with Gasteiger partial charge in [-0.3, -0.25) is 14.6 Å². The molecule has 0 aliphatic heterocycles. The molecule has 0 spiro atoms. The third-order valence-electron chi connectivity index (χ3n) is 6.61. The topological polar surface area (TPSA) is 101 Å². The van der Waals surface area contributed by atoms with Crippen molar-refractivity contribution in [3.8, 4) is 5.75 Å². The van der Waals surface area contributed by atoms with E-state index >= 15 is 0 Å². The highest BCUT2D eigenvalue weighted by Crippen LogP contribution is 2.61. The Kier molecular flexibility index (Phi) is 6.41. The van der Waals surface area contributed by atoms with Gasteiger partial charge in [0.25, 0.3) is 0 Å². The Hall–Kier alpha value is -3.00. The number of nitrogens with one attached hydrogen (secondary N) is 2. The molecule has 2 aromatic rings. The predicted octanol–water partition coefficient (Wildman–Crippen LogP) is 2.54. The first-order valence-electron chi connectivity index (χ1n) is 10.9. The first kappa shape index (κ1) is 22.2. The van der Waals surface area contributed by atoms with E-state index in [1.54, 1.807) is 18.3 Å². The average Bonchev–Trinajstić information content (AvgIpc) is 3.27. The number of nitrogens with zero attached hydrogens (tertiary/aromatic N) is 1. The van der Waals surface area contributed by atoms with Gasteiger partial charge in [-0.25, -0.2) is 4.39 Å². The van der Waals surface area contributed by atoms with Crippen LogP contribution in [0.15, 0.2) is 42.7 Å². The average molecular weight is 442 g/mol. The molecule has 8 heteroatoms. The molecule has 2 amide bonds. The lowest BCUT2D eigenvalue weighted by Gasteiger charge is -2.20. The standard InChI is InChI=1S/C24H28FN3O4/c1-13(5-7-27-22(30)12-29)28-24(31)14(2)23-17-10-16(11-18(17)23)32-21-6-8-26-20-4-3-15(25)9-19(20)21/h3-4,6,8-9,14,16-18,23,29H,1,5,7,10-12H2,2H3,(H,27,30)(H,28,31)/t14?,16?,17-,18+,23?. The predicted molar refractivity (Wildman–Crippen MR) is 117 cm³/mol. The number of halogens is 1. The second kappa shape index (κ2) is 9.24. The molecule has 1 heterocycles. The molecule has 2 aliphatic carbocycles. The number of fused-ring (bicyclic) bond motifs is 2. The van der Waals surface area contributed by atoms with Gasteiger partial charge in [-0.15, -0.1) is 0 Å². The molecular formula is C24H28FN3O4. The lowest BCUT2D eigenvalue weighted by atomic mass is 9.97. The van der Waals surface area contributed by atoms with E-state index in [2.05, 4.69) is 22.2 Å². The summed E-state index contributed by atoms with van der Waals surface area (Å²) in [6, 6.07) is 6.26. The number of rotatable bonds is 9. The van der Waals surface area contributed by atoms with Gasteiger partial charge in [-0.2, -0.15) is 0 Å². The lowest BCUT2D eigenvalue weighted by molar-refractivity contribution is -0.124. The molecule has 0 radical (unpaired) electrons. The summed E-state index contributed by atoms with van der Waals surface area (Å²) in [5.74, 6) is 0.898. The third kappa shape index (κ3) is 4.75. The summed E-state index contributed by atoms with van der Waals surface area (Å²) in [6.07, 6.45) is 3.89. The van der Waals surface area contributed by atoms with Crippen LogP contribution in [0, 0.1) is 29.5 Å². The van der Waals surface area contributed by atoms with Gasteiger partial charge in [-0.1, -0.05) is 13.5 Å². The number of hydrogen-bond donors (Lipinski definition) is 3. The van der Waals surface area contributed by atoms with Crippen LogP contribution in [0.25, 0.3) is 10.9 Å². The summed E-state index contributed by atoms with van der Waals surface area (Å²) in [4.78, 5) is 27.9. The van der Waals surface area contributed by atoms with Crippen molar-refractivity contribution in [1.82, 2.24) is 15.6 Å². The number of benzene rings is 1. The SMILES string of the molecule is C=C(CCNC(=O)CO)NC(=O)C(C)C1[C@H]2CC(Oc3ccnc4ccc(F)cc34)C[C@@H]12. The van der Waals surface area contributed by atoms with Crippen molar-refractivity contribution in [3.05, 3.63) is 48.6 Å². The molecule has 2 aliphatic rings. The Bertz CT molecular complexity index is 1030. The van der Waals surface area contributed by atoms with Crippen LogP contribution in [0.5, 0.6) is 5.75 Å². The Balaban J connectivity index is 1.25. The summed E-state index contributed by atoms with van der Waals surface area (Å²) in [7, 11) is 0. The molecule has 4 rings (SSSR count). The second-order valence-corrected chi connectivity index (χ2v) is 8.73. The van der Waals surface area contributed by atoms with E-state index in [4.69, 9.17) is 9.84 Å². The number of hydrogen-bond acceptors (Lipinski definition) is 5. The quantitative estimate of drug-likeness (QED) is 0.555. The van der Waals surface area contributed by atoms with Crippen molar-refractivity contribution < 1.29 is 23.8 Å². The van der Waals surface area contributed by atoms with Crippen molar-refractivity contribution in [2.24, 2.45) is 23.7 Å². The van der Waals surface area contributed by atoms with Gasteiger partial charge in [0.2, 0.25) is 11.8 Å². The highest BCUT2D eigenvalue weighted by atomic mass is 19.1. The first-order chi connectivity index (χ1) is 15.4. The number of carbonyl (C=O) groups excluding carboxylic acids is 2. The van der Waals surface area contributed by atoms with Crippen LogP contribution in [-0.4, -0.2) is 41.2 Å². The van der Waals surface area contributed by atoms with E-state index in [1.165, 1.54) is 12.1 Å². The van der Waals surface area contributed by atoms with E-state index in [-0.39, 0.29) is 23.7 Å². The normalized spacial score (nSPS) is 24.5. The first-order valence-corrected chi connectivity index (χ1v) is 10.9. The fourth-order valence-electron chi connectivity index (χ4n) is 4.99. The molecule has 0 saturated heterocycles. The zero-order valence-electron chi connectivity index (χ0n) is 18.0. The molecule has 170 valence electrons. The van der Waals surface area contributed by atoms with Gasteiger partial charge in [0.1, 0.15) is 18.2 Å². The van der Waals surface area contributed by atoms with Gasteiger partial charge in [0.15, 0.2) is 0 Å². The third-order valence-corrected chi connectivity index (χ3v) is 6.61. The highest BCUT2D eigenvalue weighted by molar-refractivity contribution is 5.84. The molecule has 2 fully saturated rings. The number of aliphatic hydroxyl groups excluding tert-OH is 1. The summed E-state index contributed by atoms with van der Waals surface area (Å²) in [6.45, 7) is 5.54. The molecule has 32 heavy (non-hydrogen) atoms. The zero-order valence-corrected chi connectivity index (χ0v) is 18.0. The molecule has 1 aromatic carbocycles. The van der Waals surface area contributed by atoms with E-state index in [0.717, 1.165) is 12.8 Å². The fraction of sp³-hybridized carbons (Fsp3) is 0.458. The summed E-state index contributed by atoms with van der Waals surface area (Å²) in [5.41, 5.74) is 1.25. The smallest absolute Gasteiger partial charge is 0.245 e. The maximum absolute atomic E-state index is 13.7. The molecule has 1 aromatic heterocycles. The van der Waals surface area contributed by atoms with Crippen LogP contribution in [0.2, 0.25) is 0 Å². The van der Waals surface area contributed by atoms with E-state index in [1.807, 2.05) is 6.92 Å². The fourth-order valence-corrected chi connectivity index (χ4v) is 4.99. The van der Waals surface area contributed by atoms with E-state index < -0.39 is 12.5 Å². The Labute approximate surface area is 186 Å². The molecule has 3 N–H and O–H groups in total. The molecule has 0 bridgehead atoms. The van der Waals surface area contributed by atoms with Crippen molar-refractivity contribution in [2.75, 3.05) is 13.2 Å². The number of amides is 2. The molecule has 7 nitrogen and oxygen atoms in total. The maximum atomic E-state index is 13.7. The van der Waals surface area contributed by atoms with Crippen molar-refractivity contribution in [1.29, 1.82) is 0 Å². The Morgan fingerprint density at radius 1 is 1.31 bits per heavy atom. The number of ether oxygens (including phenoxy) is 1. The molecular weight excluding hydrogens is 413 g/mol. The minimum absolute atomic E-state index is 0.0514. The van der Waals surface area contributed by atoms with Crippen LogP contribution < -0.4 is 15.4 Å². The van der Waals surface area contributed by atoms with Crippen LogP contribution in [0.1, 0.15) is 26.2 Å². The van der Waals surface area contributed by atoms with E-state index in [9.17, 15) is 14.0 Å². The van der Waals surface area contributed by atoms with Crippen LogP contribution in [0.4, 0.5) is 4.39 Å². The van der Waals surface area contributed by atoms with Crippen molar-refractivity contribution >= 4 is 22.7 Å². The lowest BCUT2D eigenvalue weighted by Crippen LogP contribution is -2.33. The van der Waals surface area contributed by atoms with Gasteiger partial charge in [0.05, 0.1) is 11.6 Å². The maximum Gasteiger partial charge on any atom is 0.245 e. The largest absolute Gasteiger partial charge is 0.490 e. The minimum atomic E-state index is -0.556. The zero-order chi connectivity index (χ0) is 22.8. The minimum Gasteiger partial charge on any atom is -0.490 e. The number of aliphatic hydroxyl groups is 1. The molecule has 3 unspecified atom stereocenters. The van der Waals surface area contributed by atoms with E-state index in [0.29, 0.717) is 53.1 Å². The van der Waals surface area contributed by atoms with Gasteiger partial charge in [0, 0.05) is 36.2 Å². The molecule has 2 saturated carbocycles.